The second kappa shape index (κ2) is 8.67. The minimum Gasteiger partial charge on any atom is -0.458 e. The quantitative estimate of drug-likeness (QED) is 0.782. The van der Waals surface area contributed by atoms with Gasteiger partial charge in [0.15, 0.2) is 6.10 Å². The Morgan fingerprint density at radius 1 is 1.13 bits per heavy atom. The Bertz CT molecular complexity index is 508. The summed E-state index contributed by atoms with van der Waals surface area (Å²) in [5.41, 5.74) is 0.865. The highest BCUT2D eigenvalue weighted by Gasteiger charge is 2.28. The van der Waals surface area contributed by atoms with Crippen molar-refractivity contribution in [2.24, 2.45) is 5.41 Å². The number of likely N-dealkylation sites (N-methyl/N-ethyl adjacent to an activating group) is 1. The topological polar surface area (TPSA) is 64.6 Å². The number of hydrogen-bond donors (Lipinski definition) is 1. The van der Waals surface area contributed by atoms with Crippen molar-refractivity contribution in [3.05, 3.63) is 35.9 Å². The fraction of sp³-hybridized carbons (Fsp3) is 0.556. The van der Waals surface area contributed by atoms with Gasteiger partial charge in [-0.2, -0.15) is 0 Å². The van der Waals surface area contributed by atoms with Gasteiger partial charge in [-0.25, -0.2) is 4.79 Å². The lowest BCUT2D eigenvalue weighted by molar-refractivity contribution is -0.169. The van der Waals surface area contributed by atoms with Crippen molar-refractivity contribution in [2.75, 3.05) is 7.05 Å². The van der Waals surface area contributed by atoms with Crippen LogP contribution >= 0.6 is 0 Å². The van der Waals surface area contributed by atoms with Gasteiger partial charge in [-0.15, -0.1) is 0 Å². The van der Waals surface area contributed by atoms with Crippen LogP contribution in [0.1, 0.15) is 39.7 Å². The molecule has 0 saturated carbocycles. The van der Waals surface area contributed by atoms with Crippen LogP contribution in [0.3, 0.4) is 0 Å². The van der Waals surface area contributed by atoms with Crippen molar-refractivity contribution in [3.63, 3.8) is 0 Å². The molecule has 23 heavy (non-hydrogen) atoms. The molecule has 1 aromatic carbocycles. The summed E-state index contributed by atoms with van der Waals surface area (Å²) < 4.78 is 10.4. The number of benzene rings is 1. The summed E-state index contributed by atoms with van der Waals surface area (Å²) in [5, 5.41) is 2.93. The van der Waals surface area contributed by atoms with Gasteiger partial charge in [0, 0.05) is 0 Å². The second-order valence-corrected chi connectivity index (χ2v) is 6.78. The molecule has 0 aliphatic carbocycles. The summed E-state index contributed by atoms with van der Waals surface area (Å²) in [4.78, 5) is 24.1. The van der Waals surface area contributed by atoms with E-state index in [4.69, 9.17) is 9.47 Å². The molecule has 0 amide bonds. The minimum atomic E-state index is -0.929. The van der Waals surface area contributed by atoms with Gasteiger partial charge in [0.1, 0.15) is 12.6 Å². The molecular formula is C18H27NO4. The highest BCUT2D eigenvalue weighted by Crippen LogP contribution is 2.21. The normalized spacial score (nSPS) is 14.0. The van der Waals surface area contributed by atoms with Crippen LogP contribution < -0.4 is 5.32 Å². The van der Waals surface area contributed by atoms with Gasteiger partial charge in [-0.3, -0.25) is 4.79 Å². The number of hydrogen-bond acceptors (Lipinski definition) is 5. The number of carbonyl (C=O) groups excluding carboxylic acids is 2. The molecule has 0 bridgehead atoms. The van der Waals surface area contributed by atoms with E-state index in [0.717, 1.165) is 5.56 Å². The standard InChI is InChI=1S/C18H27NO4/c1-13(16(20)22-12-14-9-7-6-8-10-14)23-17(21)15(19-5)11-18(2,3)4/h6-10,13,15,19H,11-12H2,1-5H3. The fourth-order valence-corrected chi connectivity index (χ4v) is 2.07. The summed E-state index contributed by atoms with van der Waals surface area (Å²) in [6.45, 7) is 7.82. The molecule has 0 spiro atoms. The molecule has 0 saturated heterocycles. The van der Waals surface area contributed by atoms with Gasteiger partial charge in [0.2, 0.25) is 0 Å². The van der Waals surface area contributed by atoms with Crippen LogP contribution in [-0.2, 0) is 25.7 Å². The number of carbonyl (C=O) groups is 2. The van der Waals surface area contributed by atoms with Crippen molar-refractivity contribution in [3.8, 4) is 0 Å². The van der Waals surface area contributed by atoms with Crippen LogP contribution in [0.5, 0.6) is 0 Å². The van der Waals surface area contributed by atoms with Crippen LogP contribution in [0.4, 0.5) is 0 Å². The lowest BCUT2D eigenvalue weighted by atomic mass is 9.88. The van der Waals surface area contributed by atoms with E-state index in [-0.39, 0.29) is 12.0 Å². The number of rotatable bonds is 7. The van der Waals surface area contributed by atoms with Gasteiger partial charge in [0.25, 0.3) is 0 Å². The molecule has 0 heterocycles. The van der Waals surface area contributed by atoms with Gasteiger partial charge in [-0.1, -0.05) is 51.1 Å². The van der Waals surface area contributed by atoms with E-state index in [0.29, 0.717) is 6.42 Å². The second-order valence-electron chi connectivity index (χ2n) is 6.78. The summed E-state index contributed by atoms with van der Waals surface area (Å²) in [7, 11) is 1.70. The molecule has 5 heteroatoms. The van der Waals surface area contributed by atoms with Crippen LogP contribution in [-0.4, -0.2) is 31.1 Å². The Morgan fingerprint density at radius 2 is 1.74 bits per heavy atom. The Hall–Kier alpha value is -1.88. The maximum atomic E-state index is 12.1. The summed E-state index contributed by atoms with van der Waals surface area (Å²) in [6.07, 6.45) is -0.310. The van der Waals surface area contributed by atoms with E-state index >= 15 is 0 Å². The first-order valence-electron chi connectivity index (χ1n) is 7.81. The van der Waals surface area contributed by atoms with Crippen molar-refractivity contribution < 1.29 is 19.1 Å². The van der Waals surface area contributed by atoms with Crippen LogP contribution in [0.15, 0.2) is 30.3 Å². The monoisotopic (exact) mass is 321 g/mol. The fourth-order valence-electron chi connectivity index (χ4n) is 2.07. The Balaban J connectivity index is 2.48. The molecule has 1 N–H and O–H groups in total. The minimum absolute atomic E-state index is 0.0241. The predicted molar refractivity (Wildman–Crippen MR) is 88.7 cm³/mol. The van der Waals surface area contributed by atoms with Gasteiger partial charge >= 0.3 is 11.9 Å². The van der Waals surface area contributed by atoms with E-state index in [1.165, 1.54) is 6.92 Å². The highest BCUT2D eigenvalue weighted by molar-refractivity contribution is 5.81. The average Bonchev–Trinajstić information content (AvgIpc) is 2.50. The van der Waals surface area contributed by atoms with Crippen molar-refractivity contribution in [1.82, 2.24) is 5.32 Å². The zero-order valence-electron chi connectivity index (χ0n) is 14.6. The number of nitrogens with one attached hydrogen (secondary N) is 1. The number of esters is 2. The molecule has 2 atom stereocenters. The van der Waals surface area contributed by atoms with E-state index in [1.54, 1.807) is 7.05 Å². The van der Waals surface area contributed by atoms with Gasteiger partial charge in [0.05, 0.1) is 0 Å². The predicted octanol–water partition coefficient (Wildman–Crippen LogP) is 2.69. The summed E-state index contributed by atoms with van der Waals surface area (Å²) in [6, 6.07) is 8.92. The zero-order valence-corrected chi connectivity index (χ0v) is 14.6. The zero-order chi connectivity index (χ0) is 17.5. The molecule has 128 valence electrons. The largest absolute Gasteiger partial charge is 0.458 e. The van der Waals surface area contributed by atoms with Gasteiger partial charge in [-0.05, 0) is 31.4 Å². The molecule has 0 fully saturated rings. The first-order chi connectivity index (χ1) is 10.7. The highest BCUT2D eigenvalue weighted by atomic mass is 16.6. The van der Waals surface area contributed by atoms with Crippen molar-refractivity contribution in [1.29, 1.82) is 0 Å². The Labute approximate surface area is 138 Å². The van der Waals surface area contributed by atoms with E-state index < -0.39 is 24.1 Å². The molecule has 0 radical (unpaired) electrons. The molecule has 0 aliphatic heterocycles. The first-order valence-corrected chi connectivity index (χ1v) is 7.81. The van der Waals surface area contributed by atoms with Gasteiger partial charge < -0.3 is 14.8 Å². The molecule has 1 rings (SSSR count). The Kier molecular flexibility index (Phi) is 7.23. The maximum Gasteiger partial charge on any atom is 0.347 e. The van der Waals surface area contributed by atoms with Crippen LogP contribution in [0.25, 0.3) is 0 Å². The third kappa shape index (κ3) is 7.28. The van der Waals surface area contributed by atoms with E-state index in [2.05, 4.69) is 5.32 Å². The maximum absolute atomic E-state index is 12.1. The first kappa shape index (κ1) is 19.2. The average molecular weight is 321 g/mol. The SMILES string of the molecule is CNC(CC(C)(C)C)C(=O)OC(C)C(=O)OCc1ccccc1. The molecule has 2 unspecified atom stereocenters. The lowest BCUT2D eigenvalue weighted by Gasteiger charge is -2.25. The van der Waals surface area contributed by atoms with Crippen LogP contribution in [0.2, 0.25) is 0 Å². The third-order valence-corrected chi connectivity index (χ3v) is 3.30. The number of ether oxygens (including phenoxy) is 2. The third-order valence-electron chi connectivity index (χ3n) is 3.30. The van der Waals surface area contributed by atoms with E-state index in [9.17, 15) is 9.59 Å². The molecule has 0 aliphatic rings. The smallest absolute Gasteiger partial charge is 0.347 e. The molecular weight excluding hydrogens is 294 g/mol. The van der Waals surface area contributed by atoms with Crippen LogP contribution in [0, 0.1) is 5.41 Å². The summed E-state index contributed by atoms with van der Waals surface area (Å²) >= 11 is 0. The Morgan fingerprint density at radius 3 is 2.26 bits per heavy atom. The van der Waals surface area contributed by atoms with Crippen molar-refractivity contribution >= 4 is 11.9 Å². The molecule has 1 aromatic rings. The molecule has 5 nitrogen and oxygen atoms in total. The lowest BCUT2D eigenvalue weighted by Crippen LogP contribution is -2.41. The van der Waals surface area contributed by atoms with E-state index in [1.807, 2.05) is 51.1 Å². The summed E-state index contributed by atoms with van der Waals surface area (Å²) in [5.74, 6) is -0.987. The van der Waals surface area contributed by atoms with Crippen molar-refractivity contribution in [2.45, 2.75) is 52.9 Å². The molecule has 0 aromatic heterocycles.